The molecule has 9 nitrogen and oxygen atoms in total. The van der Waals surface area contributed by atoms with Crippen molar-refractivity contribution in [2.45, 2.75) is 45.2 Å². The third-order valence-electron chi connectivity index (χ3n) is 8.84. The van der Waals surface area contributed by atoms with Gasteiger partial charge >= 0.3 is 0 Å². The van der Waals surface area contributed by atoms with Crippen molar-refractivity contribution in [1.82, 2.24) is 15.1 Å². The molecule has 0 aliphatic carbocycles. The summed E-state index contributed by atoms with van der Waals surface area (Å²) in [6.07, 6.45) is 2.50. The number of benzene rings is 3. The summed E-state index contributed by atoms with van der Waals surface area (Å²) >= 11 is 6.10. The Bertz CT molecular complexity index is 1810. The largest absolute Gasteiger partial charge is 0.451 e. The van der Waals surface area contributed by atoms with Crippen LogP contribution in [0.3, 0.4) is 0 Å². The molecule has 3 heterocycles. The van der Waals surface area contributed by atoms with Crippen LogP contribution in [0.2, 0.25) is 5.02 Å². The van der Waals surface area contributed by atoms with E-state index in [1.54, 1.807) is 29.2 Å². The fourth-order valence-electron chi connectivity index (χ4n) is 6.24. The molecule has 2 aliphatic heterocycles. The second kappa shape index (κ2) is 13.8. The first-order valence-electron chi connectivity index (χ1n) is 15.8. The number of nitrogens with zero attached hydrogens (tertiary/aromatic N) is 3. The number of hydrogen-bond donors (Lipinski definition) is 1. The van der Waals surface area contributed by atoms with Gasteiger partial charge in [-0.3, -0.25) is 19.2 Å². The van der Waals surface area contributed by atoms with Gasteiger partial charge in [-0.25, -0.2) is 0 Å². The number of carbonyl (C=O) groups is 3. The number of likely N-dealkylation sites (tertiary alicyclic amines) is 1. The Morgan fingerprint density at radius 3 is 2.37 bits per heavy atom. The van der Waals surface area contributed by atoms with Crippen LogP contribution in [0.15, 0.2) is 82.0 Å². The molecule has 2 saturated heterocycles. The molecule has 2 fully saturated rings. The monoisotopic (exact) mass is 640 g/mol. The van der Waals surface area contributed by atoms with Gasteiger partial charge in [0, 0.05) is 68.9 Å². The van der Waals surface area contributed by atoms with E-state index in [0.717, 1.165) is 41.8 Å². The minimum atomic E-state index is -0.892. The highest BCUT2D eigenvalue weighted by atomic mass is 35.5. The molecule has 0 spiro atoms. The Balaban J connectivity index is 1.18. The van der Waals surface area contributed by atoms with E-state index in [-0.39, 0.29) is 29.4 Å². The highest BCUT2D eigenvalue weighted by Crippen LogP contribution is 2.26. The first-order chi connectivity index (χ1) is 22.3. The fraction of sp³-hybridized carbons (Fsp3) is 0.333. The molecule has 1 aromatic heterocycles. The molecule has 238 valence electrons. The molecular weight excluding hydrogens is 604 g/mol. The van der Waals surface area contributed by atoms with E-state index in [0.29, 0.717) is 55.1 Å². The van der Waals surface area contributed by atoms with E-state index in [2.05, 4.69) is 22.3 Å². The van der Waals surface area contributed by atoms with Gasteiger partial charge in [-0.05, 0) is 59.9 Å². The molecule has 2 aliphatic rings. The topological polar surface area (TPSA) is 103 Å². The first-order valence-corrected chi connectivity index (χ1v) is 16.2. The van der Waals surface area contributed by atoms with Crippen molar-refractivity contribution >= 4 is 46.0 Å². The summed E-state index contributed by atoms with van der Waals surface area (Å²) in [5.41, 5.74) is 4.00. The number of rotatable bonds is 9. The van der Waals surface area contributed by atoms with Crippen molar-refractivity contribution in [2.75, 3.05) is 37.6 Å². The van der Waals surface area contributed by atoms with Crippen molar-refractivity contribution in [3.63, 3.8) is 0 Å². The summed E-state index contributed by atoms with van der Waals surface area (Å²) in [4.78, 5) is 58.6. The van der Waals surface area contributed by atoms with Crippen LogP contribution in [-0.2, 0) is 29.0 Å². The molecule has 0 radical (unpaired) electrons. The minimum absolute atomic E-state index is 0.145. The van der Waals surface area contributed by atoms with Gasteiger partial charge in [0.05, 0.1) is 5.39 Å². The number of piperazine rings is 1. The fourth-order valence-corrected chi connectivity index (χ4v) is 6.36. The van der Waals surface area contributed by atoms with Crippen LogP contribution < -0.4 is 15.6 Å². The molecule has 0 unspecified atom stereocenters. The third kappa shape index (κ3) is 6.94. The summed E-state index contributed by atoms with van der Waals surface area (Å²) in [6.45, 7) is 5.50. The Hall–Kier alpha value is -4.63. The lowest BCUT2D eigenvalue weighted by atomic mass is 10.0. The molecule has 1 N–H and O–H groups in total. The van der Waals surface area contributed by atoms with Gasteiger partial charge < -0.3 is 24.4 Å². The van der Waals surface area contributed by atoms with Gasteiger partial charge in [0.2, 0.25) is 11.8 Å². The number of nitrogens with one attached hydrogen (secondary N) is 1. The van der Waals surface area contributed by atoms with E-state index in [1.807, 2.05) is 42.2 Å². The maximum atomic E-state index is 14.0. The highest BCUT2D eigenvalue weighted by molar-refractivity contribution is 6.30. The van der Waals surface area contributed by atoms with Crippen LogP contribution in [0.5, 0.6) is 0 Å². The van der Waals surface area contributed by atoms with Crippen molar-refractivity contribution < 1.29 is 18.8 Å². The van der Waals surface area contributed by atoms with Crippen molar-refractivity contribution in [3.05, 3.63) is 110 Å². The first kappa shape index (κ1) is 31.4. The summed E-state index contributed by atoms with van der Waals surface area (Å²) in [5.74, 6) is -0.800. The molecule has 1 atom stereocenters. The SMILES string of the molecule is CCc1ccc2oc(C(=O)N[C@@H](Cc3ccc(Cl)cc3)C(=O)N3CCN(c4ccccc4CN4CCCC4=O)CC3)cc(=O)c2c1. The smallest absolute Gasteiger partial charge is 0.287 e. The van der Waals surface area contributed by atoms with E-state index in [1.165, 1.54) is 6.07 Å². The maximum absolute atomic E-state index is 14.0. The quantitative estimate of drug-likeness (QED) is 0.281. The van der Waals surface area contributed by atoms with Gasteiger partial charge in [-0.2, -0.15) is 0 Å². The van der Waals surface area contributed by atoms with Crippen LogP contribution >= 0.6 is 11.6 Å². The van der Waals surface area contributed by atoms with Gasteiger partial charge in [0.1, 0.15) is 11.6 Å². The Morgan fingerprint density at radius 1 is 0.913 bits per heavy atom. The Labute approximate surface area is 272 Å². The van der Waals surface area contributed by atoms with Crippen LogP contribution in [-0.4, -0.2) is 66.3 Å². The average Bonchev–Trinajstić information content (AvgIpc) is 3.48. The lowest BCUT2D eigenvalue weighted by molar-refractivity contribution is -0.133. The van der Waals surface area contributed by atoms with Gasteiger partial charge in [-0.1, -0.05) is 54.9 Å². The minimum Gasteiger partial charge on any atom is -0.451 e. The van der Waals surface area contributed by atoms with E-state index in [9.17, 15) is 19.2 Å². The van der Waals surface area contributed by atoms with E-state index >= 15 is 0 Å². The number of aryl methyl sites for hydroxylation is 1. The molecule has 0 bridgehead atoms. The second-order valence-corrected chi connectivity index (χ2v) is 12.3. The number of anilines is 1. The lowest BCUT2D eigenvalue weighted by Crippen LogP contribution is -2.55. The number of carbonyl (C=O) groups excluding carboxylic acids is 3. The predicted octanol–water partition coefficient (Wildman–Crippen LogP) is 4.82. The number of amides is 3. The molecular formula is C36H37ClN4O5. The molecule has 6 rings (SSSR count). The van der Waals surface area contributed by atoms with E-state index in [4.69, 9.17) is 16.0 Å². The van der Waals surface area contributed by atoms with Crippen LogP contribution in [0, 0.1) is 0 Å². The Morgan fingerprint density at radius 2 is 1.65 bits per heavy atom. The summed E-state index contributed by atoms with van der Waals surface area (Å²) in [6, 6.07) is 20.9. The number of hydrogen-bond acceptors (Lipinski definition) is 6. The predicted molar refractivity (Wildman–Crippen MR) is 178 cm³/mol. The zero-order valence-electron chi connectivity index (χ0n) is 25.8. The molecule has 0 saturated carbocycles. The van der Waals surface area contributed by atoms with Crippen LogP contribution in [0.25, 0.3) is 11.0 Å². The summed E-state index contributed by atoms with van der Waals surface area (Å²) < 4.78 is 5.84. The highest BCUT2D eigenvalue weighted by Gasteiger charge is 2.31. The standard InChI is InChI=1S/C36H37ClN4O5/c1-2-24-11-14-32-28(20-24)31(42)22-33(46-32)35(44)38-29(21-25-9-12-27(37)13-10-25)36(45)40-18-16-39(17-19-40)30-7-4-3-6-26(30)23-41-15-5-8-34(41)43/h3-4,6-7,9-14,20,22,29H,2,5,8,15-19,21,23H2,1H3,(H,38,44)/t29-/m0/s1. The number of halogens is 1. The number of para-hydroxylation sites is 1. The molecule has 3 aromatic carbocycles. The van der Waals surface area contributed by atoms with Crippen LogP contribution in [0.1, 0.15) is 47.0 Å². The summed E-state index contributed by atoms with van der Waals surface area (Å²) in [7, 11) is 0. The van der Waals surface area contributed by atoms with Crippen molar-refractivity contribution in [1.29, 1.82) is 0 Å². The second-order valence-electron chi connectivity index (χ2n) is 11.9. The molecule has 3 amide bonds. The molecule has 46 heavy (non-hydrogen) atoms. The van der Waals surface area contributed by atoms with Crippen molar-refractivity contribution in [3.8, 4) is 0 Å². The average molecular weight is 641 g/mol. The molecule has 10 heteroatoms. The zero-order chi connectivity index (χ0) is 32.2. The van der Waals surface area contributed by atoms with Crippen LogP contribution in [0.4, 0.5) is 5.69 Å². The number of fused-ring (bicyclic) bond motifs is 1. The maximum Gasteiger partial charge on any atom is 0.287 e. The van der Waals surface area contributed by atoms with Gasteiger partial charge in [-0.15, -0.1) is 0 Å². The summed E-state index contributed by atoms with van der Waals surface area (Å²) in [5, 5.41) is 3.85. The normalized spacial score (nSPS) is 15.8. The third-order valence-corrected chi connectivity index (χ3v) is 9.09. The Kier molecular flexibility index (Phi) is 9.40. The van der Waals surface area contributed by atoms with Gasteiger partial charge in [0.15, 0.2) is 11.2 Å². The van der Waals surface area contributed by atoms with E-state index < -0.39 is 11.9 Å². The van der Waals surface area contributed by atoms with Crippen molar-refractivity contribution in [2.24, 2.45) is 0 Å². The lowest BCUT2D eigenvalue weighted by Gasteiger charge is -2.38. The van der Waals surface area contributed by atoms with Gasteiger partial charge in [0.25, 0.3) is 5.91 Å². The molecule has 4 aromatic rings. The zero-order valence-corrected chi connectivity index (χ0v) is 26.6.